The molecule has 2 aromatic rings. The van der Waals surface area contributed by atoms with Crippen LogP contribution in [0.4, 0.5) is 8.78 Å². The van der Waals surface area contributed by atoms with Gasteiger partial charge in [0.25, 0.3) is 11.7 Å². The van der Waals surface area contributed by atoms with Crippen LogP contribution in [0.2, 0.25) is 0 Å². The van der Waals surface area contributed by atoms with Gasteiger partial charge in [0.1, 0.15) is 17.3 Å². The lowest BCUT2D eigenvalue weighted by atomic mass is 10.2. The van der Waals surface area contributed by atoms with Crippen LogP contribution < -0.4 is 10.2 Å². The molecule has 0 radical (unpaired) electrons. The average molecular weight is 354 g/mol. The SMILES string of the molecule is CCOc1ccc(C(=O)N/N=C\c2ccc(CSC(F)F)o2)cc1. The van der Waals surface area contributed by atoms with E-state index in [0.29, 0.717) is 41.2 Å². The Morgan fingerprint density at radius 2 is 2.08 bits per heavy atom. The first-order valence-electron chi connectivity index (χ1n) is 7.13. The van der Waals surface area contributed by atoms with Gasteiger partial charge in [0, 0.05) is 5.56 Å². The molecule has 1 N–H and O–H groups in total. The normalized spacial score (nSPS) is 11.2. The number of nitrogens with one attached hydrogen (secondary N) is 1. The predicted molar refractivity (Wildman–Crippen MR) is 88.7 cm³/mol. The highest BCUT2D eigenvalue weighted by molar-refractivity contribution is 7.98. The van der Waals surface area contributed by atoms with Crippen molar-refractivity contribution in [1.29, 1.82) is 0 Å². The van der Waals surface area contributed by atoms with Gasteiger partial charge < -0.3 is 9.15 Å². The number of hydrogen-bond acceptors (Lipinski definition) is 5. The van der Waals surface area contributed by atoms with Crippen molar-refractivity contribution in [2.75, 3.05) is 6.61 Å². The Bertz CT molecular complexity index is 687. The number of furan rings is 1. The summed E-state index contributed by atoms with van der Waals surface area (Å²) < 4.78 is 34.8. The molecular formula is C16H16F2N2O3S. The lowest BCUT2D eigenvalue weighted by Crippen LogP contribution is -2.17. The Morgan fingerprint density at radius 1 is 1.33 bits per heavy atom. The molecule has 0 saturated heterocycles. The number of thioether (sulfide) groups is 1. The van der Waals surface area contributed by atoms with Gasteiger partial charge in [-0.1, -0.05) is 11.8 Å². The number of hydrazone groups is 1. The van der Waals surface area contributed by atoms with Crippen molar-refractivity contribution in [3.05, 3.63) is 53.5 Å². The summed E-state index contributed by atoms with van der Waals surface area (Å²) >= 11 is 0.477. The number of halogens is 2. The summed E-state index contributed by atoms with van der Waals surface area (Å²) in [5.41, 5.74) is 2.80. The smallest absolute Gasteiger partial charge is 0.284 e. The molecule has 1 aromatic carbocycles. The number of alkyl halides is 2. The fourth-order valence-electron chi connectivity index (χ4n) is 1.77. The minimum absolute atomic E-state index is 0.0735. The highest BCUT2D eigenvalue weighted by Gasteiger charge is 2.07. The molecule has 0 saturated carbocycles. The van der Waals surface area contributed by atoms with E-state index < -0.39 is 5.76 Å². The fraction of sp³-hybridized carbons (Fsp3) is 0.250. The third-order valence-electron chi connectivity index (χ3n) is 2.82. The lowest BCUT2D eigenvalue weighted by molar-refractivity contribution is 0.0955. The van der Waals surface area contributed by atoms with E-state index in [9.17, 15) is 13.6 Å². The van der Waals surface area contributed by atoms with Gasteiger partial charge in [0.2, 0.25) is 0 Å². The standard InChI is InChI=1S/C16H16F2N2O3S/c1-2-22-12-5-3-11(4-6-12)15(21)20-19-9-13-7-8-14(23-13)10-24-16(17)18/h3-9,16H,2,10H2,1H3,(H,20,21)/b19-9-. The molecule has 0 atom stereocenters. The highest BCUT2D eigenvalue weighted by atomic mass is 32.2. The minimum atomic E-state index is -2.44. The van der Waals surface area contributed by atoms with Crippen molar-refractivity contribution >= 4 is 23.9 Å². The van der Waals surface area contributed by atoms with Crippen LogP contribution in [0.15, 0.2) is 45.9 Å². The summed E-state index contributed by atoms with van der Waals surface area (Å²) in [5, 5.41) is 3.78. The molecule has 0 fully saturated rings. The fourth-order valence-corrected chi connectivity index (χ4v) is 2.22. The van der Waals surface area contributed by atoms with Gasteiger partial charge >= 0.3 is 0 Å². The van der Waals surface area contributed by atoms with Crippen molar-refractivity contribution in [1.82, 2.24) is 5.43 Å². The van der Waals surface area contributed by atoms with Crippen LogP contribution in [0, 0.1) is 0 Å². The maximum absolute atomic E-state index is 12.1. The molecule has 0 aliphatic heterocycles. The Labute approximate surface area is 142 Å². The Hall–Kier alpha value is -2.35. The van der Waals surface area contributed by atoms with Crippen LogP contribution in [0.25, 0.3) is 0 Å². The third kappa shape index (κ3) is 5.69. The third-order valence-corrected chi connectivity index (χ3v) is 3.52. The number of ether oxygens (including phenoxy) is 1. The van der Waals surface area contributed by atoms with E-state index in [4.69, 9.17) is 9.15 Å². The Kier molecular flexibility index (Phi) is 6.80. The van der Waals surface area contributed by atoms with E-state index >= 15 is 0 Å². The first kappa shape index (κ1) is 18.0. The maximum atomic E-state index is 12.1. The average Bonchev–Trinajstić information content (AvgIpc) is 3.02. The van der Waals surface area contributed by atoms with Gasteiger partial charge in [-0.15, -0.1) is 0 Å². The second-order valence-corrected chi connectivity index (χ2v) is 5.51. The summed E-state index contributed by atoms with van der Waals surface area (Å²) in [5.74, 6) is -1.28. The van der Waals surface area contributed by atoms with Crippen LogP contribution >= 0.6 is 11.8 Å². The zero-order valence-electron chi connectivity index (χ0n) is 12.9. The molecule has 2 rings (SSSR count). The Morgan fingerprint density at radius 3 is 2.75 bits per heavy atom. The number of hydrogen-bond donors (Lipinski definition) is 1. The highest BCUT2D eigenvalue weighted by Crippen LogP contribution is 2.20. The second kappa shape index (κ2) is 9.07. The van der Waals surface area contributed by atoms with Gasteiger partial charge in [0.15, 0.2) is 0 Å². The number of rotatable bonds is 8. The van der Waals surface area contributed by atoms with Gasteiger partial charge in [-0.3, -0.25) is 4.79 Å². The van der Waals surface area contributed by atoms with E-state index in [-0.39, 0.29) is 11.7 Å². The summed E-state index contributed by atoms with van der Waals surface area (Å²) in [7, 11) is 0. The minimum Gasteiger partial charge on any atom is -0.494 e. The summed E-state index contributed by atoms with van der Waals surface area (Å²) in [6.45, 7) is 2.43. The largest absolute Gasteiger partial charge is 0.494 e. The van der Waals surface area contributed by atoms with E-state index in [0.717, 1.165) is 0 Å². The molecule has 1 aromatic heterocycles. The van der Waals surface area contributed by atoms with E-state index in [1.54, 1.807) is 36.4 Å². The monoisotopic (exact) mass is 354 g/mol. The summed E-state index contributed by atoms with van der Waals surface area (Å²) in [6.07, 6.45) is 1.31. The van der Waals surface area contributed by atoms with Crippen LogP contribution in [-0.2, 0) is 5.75 Å². The molecule has 5 nitrogen and oxygen atoms in total. The number of carbonyl (C=O) groups is 1. The molecular weight excluding hydrogens is 338 g/mol. The topological polar surface area (TPSA) is 63.8 Å². The number of benzene rings is 1. The van der Waals surface area contributed by atoms with Crippen molar-refractivity contribution in [3.63, 3.8) is 0 Å². The van der Waals surface area contributed by atoms with Gasteiger partial charge in [0.05, 0.1) is 18.6 Å². The summed E-state index contributed by atoms with van der Waals surface area (Å²) in [4.78, 5) is 11.9. The van der Waals surface area contributed by atoms with E-state index in [1.807, 2.05) is 6.92 Å². The zero-order chi connectivity index (χ0) is 17.4. The summed E-state index contributed by atoms with van der Waals surface area (Å²) in [6, 6.07) is 9.83. The maximum Gasteiger partial charge on any atom is 0.284 e. The predicted octanol–water partition coefficient (Wildman–Crippen LogP) is 3.90. The van der Waals surface area contributed by atoms with E-state index in [1.165, 1.54) is 6.21 Å². The van der Waals surface area contributed by atoms with E-state index in [2.05, 4.69) is 10.5 Å². The molecule has 128 valence electrons. The zero-order valence-corrected chi connectivity index (χ0v) is 13.7. The number of carbonyl (C=O) groups excluding carboxylic acids is 1. The van der Waals surface area contributed by atoms with Crippen molar-refractivity contribution in [3.8, 4) is 5.75 Å². The molecule has 1 amide bonds. The Balaban J connectivity index is 1.85. The van der Waals surface area contributed by atoms with Crippen molar-refractivity contribution < 1.29 is 22.7 Å². The van der Waals surface area contributed by atoms with Crippen molar-refractivity contribution in [2.24, 2.45) is 5.10 Å². The van der Waals surface area contributed by atoms with Crippen LogP contribution in [0.5, 0.6) is 5.75 Å². The lowest BCUT2D eigenvalue weighted by Gasteiger charge is -2.03. The molecule has 0 unspecified atom stereocenters. The van der Waals surface area contributed by atoms with Gasteiger partial charge in [-0.2, -0.15) is 13.9 Å². The first-order chi connectivity index (χ1) is 11.6. The van der Waals surface area contributed by atoms with Crippen LogP contribution in [0.3, 0.4) is 0 Å². The molecule has 0 aliphatic carbocycles. The van der Waals surface area contributed by atoms with Crippen LogP contribution in [-0.4, -0.2) is 24.5 Å². The molecule has 1 heterocycles. The molecule has 0 spiro atoms. The second-order valence-electron chi connectivity index (χ2n) is 4.53. The first-order valence-corrected chi connectivity index (χ1v) is 8.18. The van der Waals surface area contributed by atoms with Gasteiger partial charge in [-0.25, -0.2) is 5.43 Å². The molecule has 0 aliphatic rings. The van der Waals surface area contributed by atoms with Gasteiger partial charge in [-0.05, 0) is 43.3 Å². The number of nitrogens with zero attached hydrogens (tertiary/aromatic N) is 1. The molecule has 8 heteroatoms. The number of amides is 1. The molecule has 24 heavy (non-hydrogen) atoms. The van der Waals surface area contributed by atoms with Crippen LogP contribution in [0.1, 0.15) is 28.8 Å². The molecule has 0 bridgehead atoms. The quantitative estimate of drug-likeness (QED) is 0.577. The van der Waals surface area contributed by atoms with Crippen molar-refractivity contribution in [2.45, 2.75) is 18.4 Å².